The van der Waals surface area contributed by atoms with E-state index in [1.54, 1.807) is 22.0 Å². The van der Waals surface area contributed by atoms with Gasteiger partial charge in [-0.25, -0.2) is 0 Å². The minimum Gasteiger partial charge on any atom is -0.355 e. The maximum Gasteiger partial charge on any atom is 0.257 e. The van der Waals surface area contributed by atoms with Crippen molar-refractivity contribution in [2.45, 2.75) is 19.4 Å². The zero-order valence-corrected chi connectivity index (χ0v) is 14.8. The van der Waals surface area contributed by atoms with Crippen LogP contribution in [0.1, 0.15) is 28.8 Å². The lowest BCUT2D eigenvalue weighted by atomic mass is 9.96. The van der Waals surface area contributed by atoms with Crippen LogP contribution in [0.5, 0.6) is 0 Å². The quantitative estimate of drug-likeness (QED) is 0.804. The van der Waals surface area contributed by atoms with Gasteiger partial charge in [-0.1, -0.05) is 30.3 Å². The zero-order chi connectivity index (χ0) is 18.4. The van der Waals surface area contributed by atoms with Crippen LogP contribution in [-0.4, -0.2) is 52.7 Å². The number of benzene rings is 1. The summed E-state index contributed by atoms with van der Waals surface area (Å²) in [4.78, 5) is 26.7. The third kappa shape index (κ3) is 4.49. The number of amides is 2. The van der Waals surface area contributed by atoms with E-state index in [1.165, 1.54) is 0 Å². The normalized spacial score (nSPS) is 17.1. The number of carbonyl (C=O) groups excluding carboxylic acids is 2. The highest BCUT2D eigenvalue weighted by molar-refractivity contribution is 5.94. The van der Waals surface area contributed by atoms with Crippen LogP contribution in [0.2, 0.25) is 0 Å². The van der Waals surface area contributed by atoms with E-state index in [1.807, 2.05) is 30.3 Å². The molecule has 26 heavy (non-hydrogen) atoms. The van der Waals surface area contributed by atoms with E-state index in [4.69, 9.17) is 5.73 Å². The van der Waals surface area contributed by atoms with Crippen molar-refractivity contribution in [1.29, 1.82) is 0 Å². The van der Waals surface area contributed by atoms with Crippen molar-refractivity contribution in [3.63, 3.8) is 0 Å². The minimum absolute atomic E-state index is 0.0206. The first kappa shape index (κ1) is 18.1. The monoisotopic (exact) mass is 355 g/mol. The van der Waals surface area contributed by atoms with Crippen molar-refractivity contribution < 1.29 is 9.59 Å². The summed E-state index contributed by atoms with van der Waals surface area (Å²) in [6.07, 6.45) is 4.99. The Labute approximate surface area is 153 Å². The molecule has 1 atom stereocenters. The lowest BCUT2D eigenvalue weighted by molar-refractivity contribution is -0.126. The molecule has 7 nitrogen and oxygen atoms in total. The van der Waals surface area contributed by atoms with Crippen LogP contribution in [0.3, 0.4) is 0 Å². The van der Waals surface area contributed by atoms with Gasteiger partial charge in [-0.3, -0.25) is 14.3 Å². The van der Waals surface area contributed by atoms with E-state index >= 15 is 0 Å². The zero-order valence-electron chi connectivity index (χ0n) is 14.8. The third-order valence-corrected chi connectivity index (χ3v) is 4.59. The first-order valence-electron chi connectivity index (χ1n) is 9.01. The molecule has 3 N–H and O–H groups in total. The van der Waals surface area contributed by atoms with Gasteiger partial charge in [0.25, 0.3) is 5.91 Å². The molecule has 0 radical (unpaired) electrons. The fourth-order valence-corrected chi connectivity index (χ4v) is 3.23. The average Bonchev–Trinajstić information content (AvgIpc) is 3.14. The molecule has 1 aliphatic rings. The molecule has 2 heterocycles. The fourth-order valence-electron chi connectivity index (χ4n) is 3.23. The summed E-state index contributed by atoms with van der Waals surface area (Å²) in [5.74, 6) is -0.257. The molecule has 0 aliphatic carbocycles. The largest absolute Gasteiger partial charge is 0.355 e. The second-order valence-electron chi connectivity index (χ2n) is 6.58. The Bertz CT molecular complexity index is 743. The summed E-state index contributed by atoms with van der Waals surface area (Å²) in [6, 6.07) is 9.98. The van der Waals surface area contributed by atoms with Gasteiger partial charge in [0.1, 0.15) is 0 Å². The van der Waals surface area contributed by atoms with Crippen LogP contribution < -0.4 is 11.1 Å². The molecule has 1 fully saturated rings. The fraction of sp³-hybridized carbons (Fsp3) is 0.421. The highest BCUT2D eigenvalue weighted by atomic mass is 16.2. The lowest BCUT2D eigenvalue weighted by Gasteiger charge is -2.31. The van der Waals surface area contributed by atoms with Crippen LogP contribution in [-0.2, 0) is 11.3 Å². The molecule has 2 aromatic rings. The van der Waals surface area contributed by atoms with Crippen LogP contribution >= 0.6 is 0 Å². The predicted molar refractivity (Wildman–Crippen MR) is 98.5 cm³/mol. The van der Waals surface area contributed by atoms with E-state index in [2.05, 4.69) is 10.4 Å². The standard InChI is InChI=1S/C19H25N5O2/c20-8-9-21-18(25)16-7-4-10-23(13-16)19(26)17-11-22-24(14-17)12-15-5-2-1-3-6-15/h1-3,5-6,11,14,16H,4,7-10,12-13,20H2,(H,21,25). The summed E-state index contributed by atoms with van der Waals surface area (Å²) in [7, 11) is 0. The SMILES string of the molecule is NCCNC(=O)C1CCCN(C(=O)c2cnn(Cc3ccccc3)c2)C1. The molecular weight excluding hydrogens is 330 g/mol. The van der Waals surface area contributed by atoms with Gasteiger partial charge in [0, 0.05) is 32.4 Å². The van der Waals surface area contributed by atoms with Crippen molar-refractivity contribution in [1.82, 2.24) is 20.0 Å². The van der Waals surface area contributed by atoms with Crippen LogP contribution in [0, 0.1) is 5.92 Å². The summed E-state index contributed by atoms with van der Waals surface area (Å²) < 4.78 is 1.76. The number of piperidine rings is 1. The van der Waals surface area contributed by atoms with E-state index in [-0.39, 0.29) is 17.7 Å². The second-order valence-corrected chi connectivity index (χ2v) is 6.58. The molecule has 1 saturated heterocycles. The first-order valence-corrected chi connectivity index (χ1v) is 9.01. The molecule has 1 aliphatic heterocycles. The van der Waals surface area contributed by atoms with Gasteiger partial charge in [0.15, 0.2) is 0 Å². The van der Waals surface area contributed by atoms with Gasteiger partial charge in [0.05, 0.1) is 24.2 Å². The summed E-state index contributed by atoms with van der Waals surface area (Å²) in [5.41, 5.74) is 7.11. The Kier molecular flexibility index (Phi) is 6.01. The van der Waals surface area contributed by atoms with E-state index in [0.29, 0.717) is 38.3 Å². The second kappa shape index (κ2) is 8.62. The summed E-state index contributed by atoms with van der Waals surface area (Å²) >= 11 is 0. The first-order chi connectivity index (χ1) is 12.7. The van der Waals surface area contributed by atoms with Crippen molar-refractivity contribution in [2.75, 3.05) is 26.2 Å². The Balaban J connectivity index is 1.61. The molecule has 3 rings (SSSR count). The molecule has 0 bridgehead atoms. The number of nitrogens with two attached hydrogens (primary N) is 1. The topological polar surface area (TPSA) is 93.2 Å². The molecule has 1 unspecified atom stereocenters. The molecule has 7 heteroatoms. The Morgan fingerprint density at radius 3 is 2.85 bits per heavy atom. The maximum atomic E-state index is 12.8. The van der Waals surface area contributed by atoms with Gasteiger partial charge < -0.3 is 16.0 Å². The van der Waals surface area contributed by atoms with E-state index in [0.717, 1.165) is 18.4 Å². The maximum absolute atomic E-state index is 12.8. The number of carbonyl (C=O) groups is 2. The van der Waals surface area contributed by atoms with Crippen molar-refractivity contribution in [2.24, 2.45) is 11.7 Å². The third-order valence-electron chi connectivity index (χ3n) is 4.59. The Morgan fingerprint density at radius 2 is 2.08 bits per heavy atom. The number of hydrogen-bond acceptors (Lipinski definition) is 4. The highest BCUT2D eigenvalue weighted by Crippen LogP contribution is 2.19. The van der Waals surface area contributed by atoms with Crippen LogP contribution in [0.4, 0.5) is 0 Å². The number of nitrogens with zero attached hydrogens (tertiary/aromatic N) is 3. The molecular formula is C19H25N5O2. The molecule has 1 aromatic heterocycles. The average molecular weight is 355 g/mol. The van der Waals surface area contributed by atoms with Gasteiger partial charge in [-0.05, 0) is 18.4 Å². The summed E-state index contributed by atoms with van der Waals surface area (Å²) in [5, 5.41) is 7.11. The van der Waals surface area contributed by atoms with E-state index in [9.17, 15) is 9.59 Å². The number of likely N-dealkylation sites (tertiary alicyclic amines) is 1. The van der Waals surface area contributed by atoms with E-state index < -0.39 is 0 Å². The highest BCUT2D eigenvalue weighted by Gasteiger charge is 2.29. The number of rotatable bonds is 6. The van der Waals surface area contributed by atoms with Gasteiger partial charge in [-0.2, -0.15) is 5.10 Å². The van der Waals surface area contributed by atoms with Gasteiger partial charge in [-0.15, -0.1) is 0 Å². The molecule has 1 aromatic carbocycles. The lowest BCUT2D eigenvalue weighted by Crippen LogP contribution is -2.46. The van der Waals surface area contributed by atoms with Crippen molar-refractivity contribution in [3.8, 4) is 0 Å². The van der Waals surface area contributed by atoms with Gasteiger partial charge in [0.2, 0.25) is 5.91 Å². The molecule has 2 amide bonds. The minimum atomic E-state index is -0.168. The smallest absolute Gasteiger partial charge is 0.257 e. The Hall–Kier alpha value is -2.67. The molecule has 0 saturated carbocycles. The molecule has 0 spiro atoms. The van der Waals surface area contributed by atoms with Crippen molar-refractivity contribution in [3.05, 3.63) is 53.9 Å². The van der Waals surface area contributed by atoms with Crippen LogP contribution in [0.25, 0.3) is 0 Å². The Morgan fingerprint density at radius 1 is 1.27 bits per heavy atom. The number of nitrogens with one attached hydrogen (secondary N) is 1. The van der Waals surface area contributed by atoms with Gasteiger partial charge >= 0.3 is 0 Å². The predicted octanol–water partition coefficient (Wildman–Crippen LogP) is 0.859. The van der Waals surface area contributed by atoms with Crippen LogP contribution in [0.15, 0.2) is 42.7 Å². The number of hydrogen-bond donors (Lipinski definition) is 2. The van der Waals surface area contributed by atoms with Crippen molar-refractivity contribution >= 4 is 11.8 Å². The molecule has 138 valence electrons. The number of aromatic nitrogens is 2. The summed E-state index contributed by atoms with van der Waals surface area (Å²) in [6.45, 7) is 2.62.